The molecule has 1 saturated heterocycles. The van der Waals surface area contributed by atoms with E-state index in [0.717, 1.165) is 0 Å². The average Bonchev–Trinajstić information content (AvgIpc) is 2.82. The number of anilines is 1. The van der Waals surface area contributed by atoms with Crippen LogP contribution in [-0.2, 0) is 25.4 Å². The van der Waals surface area contributed by atoms with Crippen LogP contribution in [0.1, 0.15) is 24.8 Å². The van der Waals surface area contributed by atoms with Crippen LogP contribution >= 0.6 is 0 Å². The molecule has 1 aliphatic rings. The third-order valence-corrected chi connectivity index (χ3v) is 7.94. The summed E-state index contributed by atoms with van der Waals surface area (Å²) in [5.74, 6) is 10.2. The van der Waals surface area contributed by atoms with Crippen LogP contribution in [0.5, 0.6) is 0 Å². The van der Waals surface area contributed by atoms with Crippen molar-refractivity contribution in [2.24, 2.45) is 40.0 Å². The molecule has 2 atom stereocenters. The molecule has 0 aliphatic carbocycles. The predicted octanol–water partition coefficient (Wildman–Crippen LogP) is -3.15. The minimum atomic E-state index is -4.58. The number of benzene rings is 1. The standard InChI is InChI=1S/C17H33N9O5S2/c18-6-1-7-23-32(28)14-3-2-13(26-8-4-11(5-9-26)12(19)10-27)15(17(20)24-25-21)16(14)33(29,30)31-22/h2-3,11-12,23,25,27H,1,4-10,18-19,21-22H2,(H2,20,24). The number of piperidine rings is 1. The molecule has 16 heteroatoms. The smallest absolute Gasteiger partial charge is 0.314 e. The van der Waals surface area contributed by atoms with Crippen molar-refractivity contribution >= 4 is 32.6 Å². The first-order valence-electron chi connectivity index (χ1n) is 10.3. The molecule has 13 N–H and O–H groups in total. The average molecular weight is 508 g/mol. The Labute approximate surface area is 195 Å². The van der Waals surface area contributed by atoms with Gasteiger partial charge in [-0.1, -0.05) is 0 Å². The summed E-state index contributed by atoms with van der Waals surface area (Å²) < 4.78 is 45.6. The number of aliphatic hydroxyl groups is 1. The first-order chi connectivity index (χ1) is 15.7. The van der Waals surface area contributed by atoms with Crippen molar-refractivity contribution in [1.82, 2.24) is 10.3 Å². The maximum Gasteiger partial charge on any atom is 0.314 e. The van der Waals surface area contributed by atoms with E-state index >= 15 is 0 Å². The van der Waals surface area contributed by atoms with Crippen LogP contribution in [0.15, 0.2) is 27.0 Å². The third-order valence-electron chi connectivity index (χ3n) is 5.43. The summed E-state index contributed by atoms with van der Waals surface area (Å²) in [6, 6.07) is 2.67. The van der Waals surface area contributed by atoms with E-state index in [4.69, 9.17) is 28.9 Å². The zero-order valence-electron chi connectivity index (χ0n) is 18.1. The fourth-order valence-electron chi connectivity index (χ4n) is 3.69. The van der Waals surface area contributed by atoms with Crippen LogP contribution in [0.4, 0.5) is 5.69 Å². The molecule has 0 saturated carbocycles. The highest BCUT2D eigenvalue weighted by Crippen LogP contribution is 2.35. The summed E-state index contributed by atoms with van der Waals surface area (Å²) in [5.41, 5.74) is 19.9. The number of nitrogens with zero attached hydrogens (tertiary/aromatic N) is 2. The highest BCUT2D eigenvalue weighted by molar-refractivity contribution is 7.88. The number of aliphatic hydroxyl groups excluding tert-OH is 1. The molecule has 0 spiro atoms. The van der Waals surface area contributed by atoms with E-state index in [1.54, 1.807) is 6.07 Å². The Balaban J connectivity index is 2.61. The molecule has 1 aromatic rings. The van der Waals surface area contributed by atoms with Crippen molar-refractivity contribution < 1.29 is 22.0 Å². The normalized spacial score (nSPS) is 17.7. The Hall–Kier alpha value is -1.89. The highest BCUT2D eigenvalue weighted by Gasteiger charge is 2.33. The molecule has 1 heterocycles. The molecule has 1 aliphatic heterocycles. The maximum atomic E-state index is 12.9. The predicted molar refractivity (Wildman–Crippen MR) is 125 cm³/mol. The van der Waals surface area contributed by atoms with Crippen LogP contribution in [0, 0.1) is 5.92 Å². The monoisotopic (exact) mass is 507 g/mol. The van der Waals surface area contributed by atoms with Gasteiger partial charge in [0.05, 0.1) is 17.1 Å². The highest BCUT2D eigenvalue weighted by atomic mass is 32.2. The minimum absolute atomic E-state index is 0.0465. The van der Waals surface area contributed by atoms with Crippen molar-refractivity contribution in [1.29, 1.82) is 0 Å². The molecule has 1 aromatic carbocycles. The Morgan fingerprint density at radius 3 is 2.58 bits per heavy atom. The molecule has 14 nitrogen and oxygen atoms in total. The Bertz CT molecular complexity index is 952. The molecule has 0 amide bonds. The van der Waals surface area contributed by atoms with Crippen molar-refractivity contribution in [3.63, 3.8) is 0 Å². The van der Waals surface area contributed by atoms with E-state index in [1.165, 1.54) is 6.07 Å². The second kappa shape index (κ2) is 12.5. The van der Waals surface area contributed by atoms with Gasteiger partial charge in [-0.25, -0.2) is 20.3 Å². The summed E-state index contributed by atoms with van der Waals surface area (Å²) >= 11 is 0. The second-order valence-electron chi connectivity index (χ2n) is 7.44. The number of rotatable bonds is 12. The lowest BCUT2D eigenvalue weighted by molar-refractivity contribution is 0.208. The van der Waals surface area contributed by atoms with Crippen LogP contribution in [0.3, 0.4) is 0 Å². The molecular weight excluding hydrogens is 474 g/mol. The lowest BCUT2D eigenvalue weighted by Crippen LogP contribution is -2.43. The van der Waals surface area contributed by atoms with Crippen molar-refractivity contribution in [2.45, 2.75) is 35.1 Å². The molecule has 2 rings (SSSR count). The number of hydrazone groups is 1. The summed E-state index contributed by atoms with van der Waals surface area (Å²) in [4.78, 5) is 1.31. The van der Waals surface area contributed by atoms with Gasteiger partial charge in [0.1, 0.15) is 15.9 Å². The van der Waals surface area contributed by atoms with E-state index in [-0.39, 0.29) is 41.4 Å². The number of nitrogens with two attached hydrogens (primary N) is 5. The maximum absolute atomic E-state index is 12.9. The number of hydrogen-bond acceptors (Lipinski definition) is 12. The van der Waals surface area contributed by atoms with Crippen LogP contribution in [-0.4, -0.2) is 62.4 Å². The molecule has 0 radical (unpaired) electrons. The zero-order valence-corrected chi connectivity index (χ0v) is 19.8. The summed E-state index contributed by atoms with van der Waals surface area (Å²) in [7, 11) is -6.52. The van der Waals surface area contributed by atoms with Gasteiger partial charge in [-0.15, -0.1) is 5.10 Å². The number of hydrogen-bond donors (Lipinski definition) is 8. The summed E-state index contributed by atoms with van der Waals surface area (Å²) in [5, 5.41) is 13.1. The van der Waals surface area contributed by atoms with Gasteiger partial charge in [0.2, 0.25) is 0 Å². The quantitative estimate of drug-likeness (QED) is 0.0459. The number of amidine groups is 1. The molecule has 1 fully saturated rings. The van der Waals surface area contributed by atoms with Gasteiger partial charge >= 0.3 is 10.1 Å². The first kappa shape index (κ1) is 27.4. The molecule has 0 bridgehead atoms. The summed E-state index contributed by atoms with van der Waals surface area (Å²) in [6.45, 7) is 1.55. The van der Waals surface area contributed by atoms with E-state index in [0.29, 0.717) is 44.6 Å². The second-order valence-corrected chi connectivity index (χ2v) is 10.2. The molecule has 188 valence electrons. The van der Waals surface area contributed by atoms with E-state index < -0.39 is 26.0 Å². The first-order valence-corrected chi connectivity index (χ1v) is 12.8. The Morgan fingerprint density at radius 1 is 1.36 bits per heavy atom. The van der Waals surface area contributed by atoms with E-state index in [2.05, 4.69) is 14.1 Å². The Kier molecular flexibility index (Phi) is 10.4. The molecule has 0 aromatic heterocycles. The fraction of sp³-hybridized carbons (Fsp3) is 0.588. The van der Waals surface area contributed by atoms with Gasteiger partial charge in [-0.2, -0.15) is 18.6 Å². The number of hydrazine groups is 1. The van der Waals surface area contributed by atoms with Crippen LogP contribution in [0.25, 0.3) is 0 Å². The fourth-order valence-corrected chi connectivity index (χ4v) is 6.04. The van der Waals surface area contributed by atoms with Crippen molar-refractivity contribution in [2.75, 3.05) is 37.7 Å². The lowest BCUT2D eigenvalue weighted by atomic mass is 9.90. The molecule has 2 unspecified atom stereocenters. The molecule has 33 heavy (non-hydrogen) atoms. The zero-order chi connectivity index (χ0) is 24.6. The molecular formula is C17H33N9O5S2. The summed E-state index contributed by atoms with van der Waals surface area (Å²) in [6.07, 6.45) is 1.85. The van der Waals surface area contributed by atoms with E-state index in [9.17, 15) is 17.7 Å². The lowest BCUT2D eigenvalue weighted by Gasteiger charge is -2.37. The third kappa shape index (κ3) is 6.58. The van der Waals surface area contributed by atoms with Gasteiger partial charge in [-0.3, -0.25) is 0 Å². The SMILES string of the molecule is NCCCNS(=O)c1ccc(N2CCC(C(N)CO)CC2)c(/C(N)=N/NN)c1S(=O)(=O)ON. The van der Waals surface area contributed by atoms with Crippen LogP contribution in [0.2, 0.25) is 0 Å². The van der Waals surface area contributed by atoms with E-state index in [1.807, 2.05) is 10.4 Å². The van der Waals surface area contributed by atoms with Crippen molar-refractivity contribution in [3.05, 3.63) is 17.7 Å². The van der Waals surface area contributed by atoms with Gasteiger partial charge in [0.25, 0.3) is 0 Å². The Morgan fingerprint density at radius 2 is 2.03 bits per heavy atom. The van der Waals surface area contributed by atoms with Crippen molar-refractivity contribution in [3.8, 4) is 0 Å². The largest absolute Gasteiger partial charge is 0.395 e. The van der Waals surface area contributed by atoms with Gasteiger partial charge < -0.3 is 27.2 Å². The van der Waals surface area contributed by atoms with Gasteiger partial charge in [-0.05, 0) is 43.9 Å². The minimum Gasteiger partial charge on any atom is -0.395 e. The van der Waals surface area contributed by atoms with Crippen LogP contribution < -0.4 is 44.1 Å². The van der Waals surface area contributed by atoms with Gasteiger partial charge in [0.15, 0.2) is 5.84 Å². The topological polar surface area (TPSA) is 250 Å². The van der Waals surface area contributed by atoms with Gasteiger partial charge in [0, 0.05) is 31.4 Å². The number of nitrogens with one attached hydrogen (secondary N) is 2.